The van der Waals surface area contributed by atoms with E-state index in [4.69, 9.17) is 14.7 Å². The normalized spacial score (nSPS) is 24.3. The average molecular weight is 555 g/mol. The minimum Gasteiger partial charge on any atom is -0.447 e. The van der Waals surface area contributed by atoms with E-state index in [1.807, 2.05) is 4.90 Å². The van der Waals surface area contributed by atoms with Gasteiger partial charge in [0.25, 0.3) is 0 Å². The van der Waals surface area contributed by atoms with Crippen molar-refractivity contribution in [1.29, 1.82) is 0 Å². The fraction of sp³-hybridized carbons (Fsp3) is 0.793. The van der Waals surface area contributed by atoms with Crippen molar-refractivity contribution in [2.24, 2.45) is 0 Å². The molecule has 5 aliphatic rings. The van der Waals surface area contributed by atoms with Crippen LogP contribution in [-0.2, 0) is 9.53 Å². The smallest absolute Gasteiger partial charge is 0.409 e. The highest BCUT2D eigenvalue weighted by Gasteiger charge is 2.32. The van der Waals surface area contributed by atoms with E-state index in [0.717, 1.165) is 89.3 Å². The van der Waals surface area contributed by atoms with Gasteiger partial charge in [0.2, 0.25) is 11.9 Å². The Morgan fingerprint density at radius 1 is 0.700 bits per heavy atom. The maximum Gasteiger partial charge on any atom is 0.409 e. The molecule has 220 valence electrons. The largest absolute Gasteiger partial charge is 0.447 e. The second-order valence-electron chi connectivity index (χ2n) is 12.0. The molecule has 1 atom stereocenters. The van der Waals surface area contributed by atoms with Gasteiger partial charge in [0.05, 0.1) is 12.6 Å². The number of likely N-dealkylation sites (tertiary alicyclic amines) is 2. The average Bonchev–Trinajstić information content (AvgIpc) is 3.80. The summed E-state index contributed by atoms with van der Waals surface area (Å²) in [5.41, 5.74) is 0. The minimum atomic E-state index is -0.270. The molecule has 5 fully saturated rings. The van der Waals surface area contributed by atoms with Crippen LogP contribution in [-0.4, -0.2) is 128 Å². The van der Waals surface area contributed by atoms with Crippen LogP contribution in [0.2, 0.25) is 0 Å². The molecule has 0 spiro atoms. The van der Waals surface area contributed by atoms with Gasteiger partial charge in [-0.1, -0.05) is 6.42 Å². The van der Waals surface area contributed by atoms with Gasteiger partial charge >= 0.3 is 6.09 Å². The number of aromatic nitrogens is 2. The third-order valence-electron chi connectivity index (χ3n) is 9.27. The van der Waals surface area contributed by atoms with Crippen LogP contribution in [0.25, 0.3) is 0 Å². The maximum atomic E-state index is 13.0. The van der Waals surface area contributed by atoms with Gasteiger partial charge in [-0.25, -0.2) is 4.79 Å². The Morgan fingerprint density at radius 3 is 1.98 bits per heavy atom. The van der Waals surface area contributed by atoms with Crippen LogP contribution in [0.4, 0.5) is 22.4 Å². The summed E-state index contributed by atoms with van der Waals surface area (Å²) in [7, 11) is 0. The van der Waals surface area contributed by atoms with Gasteiger partial charge in [-0.05, 0) is 64.5 Å². The van der Waals surface area contributed by atoms with Gasteiger partial charge in [0.1, 0.15) is 18.2 Å². The summed E-state index contributed by atoms with van der Waals surface area (Å²) in [5.74, 6) is 3.01. The zero-order chi connectivity index (χ0) is 27.3. The number of amides is 2. The van der Waals surface area contributed by atoms with Gasteiger partial charge in [-0.3, -0.25) is 9.69 Å². The number of hydrogen-bond acceptors (Lipinski definition) is 9. The van der Waals surface area contributed by atoms with Gasteiger partial charge in [-0.15, -0.1) is 0 Å². The molecule has 0 radical (unpaired) electrons. The first-order chi connectivity index (χ1) is 19.6. The van der Waals surface area contributed by atoms with Gasteiger partial charge in [0.15, 0.2) is 0 Å². The third kappa shape index (κ3) is 6.39. The molecule has 0 N–H and O–H groups in total. The number of piperazine rings is 1. The molecular formula is C29H46N8O3. The number of anilines is 3. The van der Waals surface area contributed by atoms with Crippen molar-refractivity contribution < 1.29 is 14.3 Å². The molecule has 6 heterocycles. The Balaban J connectivity index is 1.01. The standard InChI is InChI=1S/C29H46N8O3/c38-27(22-32-10-2-1-3-11-32)37-16-8-9-24(37)23-40-29(39)36-19-17-34(18-20-36)26-21-25(33-12-4-5-13-33)30-28(31-26)35-14-6-7-15-35/h21,24H,1-20,22-23H2. The molecule has 0 aromatic carbocycles. The first-order valence-electron chi connectivity index (χ1n) is 15.7. The lowest BCUT2D eigenvalue weighted by molar-refractivity contribution is -0.134. The van der Waals surface area contributed by atoms with Crippen molar-refractivity contribution in [3.63, 3.8) is 0 Å². The summed E-state index contributed by atoms with van der Waals surface area (Å²) in [6, 6.07) is 2.13. The summed E-state index contributed by atoms with van der Waals surface area (Å²) in [4.78, 5) is 48.9. The summed E-state index contributed by atoms with van der Waals surface area (Å²) in [6.07, 6.45) is 10.0. The molecular weight excluding hydrogens is 508 g/mol. The van der Waals surface area contributed by atoms with Crippen LogP contribution in [0.5, 0.6) is 0 Å². The SMILES string of the molecule is O=C(OCC1CCCN1C(=O)CN1CCCCC1)N1CCN(c2cc(N3CCCC3)nc(N3CCCC3)n2)CC1. The molecule has 2 amide bonds. The molecule has 40 heavy (non-hydrogen) atoms. The molecule has 0 aliphatic carbocycles. The summed E-state index contributed by atoms with van der Waals surface area (Å²) in [5, 5.41) is 0. The van der Waals surface area contributed by atoms with E-state index in [9.17, 15) is 9.59 Å². The lowest BCUT2D eigenvalue weighted by atomic mass is 10.1. The highest BCUT2D eigenvalue weighted by molar-refractivity contribution is 5.79. The number of rotatable bonds is 7. The monoisotopic (exact) mass is 554 g/mol. The van der Waals surface area contributed by atoms with Crippen LogP contribution in [0.1, 0.15) is 57.8 Å². The molecule has 11 nitrogen and oxygen atoms in total. The van der Waals surface area contributed by atoms with Crippen molar-refractivity contribution >= 4 is 29.6 Å². The highest BCUT2D eigenvalue weighted by atomic mass is 16.6. The quantitative estimate of drug-likeness (QED) is 0.504. The first kappa shape index (κ1) is 27.4. The number of ether oxygens (including phenoxy) is 1. The van der Waals surface area contributed by atoms with Crippen LogP contribution < -0.4 is 14.7 Å². The molecule has 6 rings (SSSR count). The van der Waals surface area contributed by atoms with E-state index < -0.39 is 0 Å². The third-order valence-corrected chi connectivity index (χ3v) is 9.27. The van der Waals surface area contributed by atoms with E-state index >= 15 is 0 Å². The number of hydrogen-bond donors (Lipinski definition) is 0. The van der Waals surface area contributed by atoms with E-state index in [1.165, 1.54) is 44.9 Å². The molecule has 1 unspecified atom stereocenters. The summed E-state index contributed by atoms with van der Waals surface area (Å²) >= 11 is 0. The van der Waals surface area contributed by atoms with Crippen molar-refractivity contribution in [2.75, 3.05) is 99.8 Å². The van der Waals surface area contributed by atoms with Crippen molar-refractivity contribution in [1.82, 2.24) is 24.7 Å². The number of nitrogens with zero attached hydrogens (tertiary/aromatic N) is 8. The molecule has 1 aromatic rings. The van der Waals surface area contributed by atoms with E-state index in [1.54, 1.807) is 4.90 Å². The molecule has 1 aromatic heterocycles. The van der Waals surface area contributed by atoms with Crippen LogP contribution >= 0.6 is 0 Å². The maximum absolute atomic E-state index is 13.0. The zero-order valence-electron chi connectivity index (χ0n) is 24.0. The van der Waals surface area contributed by atoms with E-state index in [-0.39, 0.29) is 24.6 Å². The van der Waals surface area contributed by atoms with Gasteiger partial charge < -0.3 is 29.2 Å². The number of piperidine rings is 1. The molecule has 5 saturated heterocycles. The highest BCUT2D eigenvalue weighted by Crippen LogP contribution is 2.28. The molecule has 5 aliphatic heterocycles. The van der Waals surface area contributed by atoms with E-state index in [0.29, 0.717) is 19.6 Å². The first-order valence-corrected chi connectivity index (χ1v) is 15.7. The second kappa shape index (κ2) is 12.8. The molecule has 0 bridgehead atoms. The Kier molecular flexibility index (Phi) is 8.74. The van der Waals surface area contributed by atoms with Crippen LogP contribution in [0.3, 0.4) is 0 Å². The number of carbonyl (C=O) groups is 2. The van der Waals surface area contributed by atoms with Gasteiger partial charge in [0, 0.05) is 65.0 Å². The summed E-state index contributed by atoms with van der Waals surface area (Å²) in [6.45, 7) is 10.4. The lowest BCUT2D eigenvalue weighted by Crippen LogP contribution is -2.50. The fourth-order valence-electron chi connectivity index (χ4n) is 6.85. The number of carbonyl (C=O) groups excluding carboxylic acids is 2. The topological polar surface area (TPSA) is 88.6 Å². The van der Waals surface area contributed by atoms with Crippen molar-refractivity contribution in [3.8, 4) is 0 Å². The Hall–Kier alpha value is -2.82. The summed E-state index contributed by atoms with van der Waals surface area (Å²) < 4.78 is 5.77. The second-order valence-corrected chi connectivity index (χ2v) is 12.0. The Labute approximate surface area is 238 Å². The predicted octanol–water partition coefficient (Wildman–Crippen LogP) is 2.41. The molecule has 0 saturated carbocycles. The molecule has 11 heteroatoms. The van der Waals surface area contributed by atoms with Crippen LogP contribution in [0, 0.1) is 0 Å². The Morgan fingerprint density at radius 2 is 1.30 bits per heavy atom. The van der Waals surface area contributed by atoms with Crippen molar-refractivity contribution in [3.05, 3.63) is 6.07 Å². The fourth-order valence-corrected chi connectivity index (χ4v) is 6.85. The Bertz CT molecular complexity index is 980. The van der Waals surface area contributed by atoms with Crippen LogP contribution in [0.15, 0.2) is 6.07 Å². The lowest BCUT2D eigenvalue weighted by Gasteiger charge is -2.36. The van der Waals surface area contributed by atoms with E-state index in [2.05, 4.69) is 25.7 Å². The van der Waals surface area contributed by atoms with Gasteiger partial charge in [-0.2, -0.15) is 9.97 Å². The zero-order valence-corrected chi connectivity index (χ0v) is 24.0. The predicted molar refractivity (Wildman–Crippen MR) is 155 cm³/mol. The van der Waals surface area contributed by atoms with Crippen molar-refractivity contribution in [2.45, 2.75) is 63.8 Å². The minimum absolute atomic E-state index is 0.00318.